The number of carbonyl (C=O) groups excluding carboxylic acids is 1. The standard InChI is InChI=1S/C23H24N2O3/c1-25(17-18-11-13-20(26)14-12-18)23(27)24-15-16-28-22-10-6-5-9-21(22)19-7-3-2-4-8-19/h2-14,26H,15-17H2,1H3,(H,24,27). The minimum absolute atomic E-state index is 0.173. The second-order valence-corrected chi connectivity index (χ2v) is 6.47. The third-order valence-electron chi connectivity index (χ3n) is 4.31. The quantitative estimate of drug-likeness (QED) is 0.605. The third kappa shape index (κ3) is 5.27. The summed E-state index contributed by atoms with van der Waals surface area (Å²) in [5, 5.41) is 12.2. The Labute approximate surface area is 165 Å². The number of nitrogens with one attached hydrogen (secondary N) is 1. The van der Waals surface area contributed by atoms with Crippen LogP contribution in [-0.2, 0) is 6.54 Å². The summed E-state index contributed by atoms with van der Waals surface area (Å²) in [7, 11) is 1.73. The molecule has 2 N–H and O–H groups in total. The number of carbonyl (C=O) groups is 1. The lowest BCUT2D eigenvalue weighted by Gasteiger charge is -2.18. The zero-order valence-corrected chi connectivity index (χ0v) is 15.8. The van der Waals surface area contributed by atoms with Crippen molar-refractivity contribution < 1.29 is 14.6 Å². The number of hydrogen-bond acceptors (Lipinski definition) is 3. The zero-order chi connectivity index (χ0) is 19.8. The maximum atomic E-state index is 12.2. The minimum Gasteiger partial charge on any atom is -0.508 e. The fraction of sp³-hybridized carbons (Fsp3) is 0.174. The van der Waals surface area contributed by atoms with Gasteiger partial charge in [0.05, 0.1) is 6.54 Å². The van der Waals surface area contributed by atoms with Crippen molar-refractivity contribution in [3.05, 3.63) is 84.4 Å². The molecule has 0 bridgehead atoms. The summed E-state index contributed by atoms with van der Waals surface area (Å²) in [6, 6.07) is 24.6. The highest BCUT2D eigenvalue weighted by Crippen LogP contribution is 2.29. The lowest BCUT2D eigenvalue weighted by molar-refractivity contribution is 0.203. The molecule has 0 aliphatic carbocycles. The first-order valence-corrected chi connectivity index (χ1v) is 9.17. The largest absolute Gasteiger partial charge is 0.508 e. The van der Waals surface area contributed by atoms with E-state index < -0.39 is 0 Å². The van der Waals surface area contributed by atoms with Crippen molar-refractivity contribution in [1.82, 2.24) is 10.2 Å². The maximum Gasteiger partial charge on any atom is 0.317 e. The van der Waals surface area contributed by atoms with Crippen LogP contribution >= 0.6 is 0 Å². The second-order valence-electron chi connectivity index (χ2n) is 6.47. The van der Waals surface area contributed by atoms with Gasteiger partial charge in [-0.05, 0) is 29.3 Å². The Balaban J connectivity index is 1.48. The van der Waals surface area contributed by atoms with Gasteiger partial charge in [0.25, 0.3) is 0 Å². The molecule has 0 radical (unpaired) electrons. The number of aromatic hydroxyl groups is 1. The molecule has 0 heterocycles. The Morgan fingerprint density at radius 3 is 2.39 bits per heavy atom. The summed E-state index contributed by atoms with van der Waals surface area (Å²) in [4.78, 5) is 13.8. The Hall–Kier alpha value is -3.47. The van der Waals surface area contributed by atoms with Crippen LogP contribution in [-0.4, -0.2) is 36.2 Å². The van der Waals surface area contributed by atoms with E-state index in [1.807, 2.05) is 54.6 Å². The molecule has 0 saturated heterocycles. The van der Waals surface area contributed by atoms with E-state index in [0.29, 0.717) is 19.7 Å². The maximum absolute atomic E-state index is 12.2. The van der Waals surface area contributed by atoms with Crippen LogP contribution in [0.1, 0.15) is 5.56 Å². The molecule has 5 nitrogen and oxygen atoms in total. The van der Waals surface area contributed by atoms with E-state index in [2.05, 4.69) is 5.32 Å². The molecular formula is C23H24N2O3. The first kappa shape index (κ1) is 19.3. The topological polar surface area (TPSA) is 61.8 Å². The van der Waals surface area contributed by atoms with E-state index in [-0.39, 0.29) is 11.8 Å². The molecule has 0 spiro atoms. The van der Waals surface area contributed by atoms with Crippen LogP contribution in [0.15, 0.2) is 78.9 Å². The van der Waals surface area contributed by atoms with Crippen molar-refractivity contribution in [2.24, 2.45) is 0 Å². The summed E-state index contributed by atoms with van der Waals surface area (Å²) in [6.45, 7) is 1.24. The molecule has 2 amide bonds. The molecule has 0 fully saturated rings. The number of para-hydroxylation sites is 1. The van der Waals surface area contributed by atoms with Crippen molar-refractivity contribution in [3.8, 4) is 22.6 Å². The van der Waals surface area contributed by atoms with E-state index in [0.717, 1.165) is 22.4 Å². The van der Waals surface area contributed by atoms with Crippen molar-refractivity contribution in [3.63, 3.8) is 0 Å². The molecule has 0 atom stereocenters. The Morgan fingerprint density at radius 1 is 0.964 bits per heavy atom. The average Bonchev–Trinajstić information content (AvgIpc) is 2.73. The molecule has 0 aliphatic heterocycles. The number of hydrogen-bond donors (Lipinski definition) is 2. The molecule has 0 unspecified atom stereocenters. The molecule has 0 saturated carbocycles. The van der Waals surface area contributed by atoms with Gasteiger partial charge in [-0.25, -0.2) is 4.79 Å². The van der Waals surface area contributed by atoms with Gasteiger partial charge in [0.2, 0.25) is 0 Å². The van der Waals surface area contributed by atoms with Gasteiger partial charge in [-0.3, -0.25) is 0 Å². The van der Waals surface area contributed by atoms with Gasteiger partial charge in [-0.15, -0.1) is 0 Å². The van der Waals surface area contributed by atoms with Crippen molar-refractivity contribution in [2.45, 2.75) is 6.54 Å². The number of phenols is 1. The third-order valence-corrected chi connectivity index (χ3v) is 4.31. The Kier molecular flexibility index (Phi) is 6.52. The number of ether oxygens (including phenoxy) is 1. The van der Waals surface area contributed by atoms with Crippen molar-refractivity contribution in [2.75, 3.05) is 20.2 Å². The monoisotopic (exact) mass is 376 g/mol. The molecule has 3 aromatic carbocycles. The summed E-state index contributed by atoms with van der Waals surface area (Å²) in [6.07, 6.45) is 0. The van der Waals surface area contributed by atoms with Crippen LogP contribution in [0, 0.1) is 0 Å². The Bertz CT molecular complexity index is 895. The van der Waals surface area contributed by atoms with Crippen LogP contribution in [0.4, 0.5) is 4.79 Å². The predicted molar refractivity (Wildman–Crippen MR) is 110 cm³/mol. The number of rotatable bonds is 7. The number of nitrogens with zero attached hydrogens (tertiary/aromatic N) is 1. The first-order valence-electron chi connectivity index (χ1n) is 9.17. The molecule has 28 heavy (non-hydrogen) atoms. The van der Waals surface area contributed by atoms with Gasteiger partial charge in [0, 0.05) is 19.2 Å². The molecule has 0 aliphatic rings. The molecular weight excluding hydrogens is 352 g/mol. The van der Waals surface area contributed by atoms with Crippen molar-refractivity contribution >= 4 is 6.03 Å². The molecule has 144 valence electrons. The molecule has 3 rings (SSSR count). The number of phenolic OH excluding ortho intramolecular Hbond substituents is 1. The van der Waals surface area contributed by atoms with Crippen LogP contribution in [0.2, 0.25) is 0 Å². The second kappa shape index (κ2) is 9.46. The van der Waals surface area contributed by atoms with Gasteiger partial charge >= 0.3 is 6.03 Å². The normalized spacial score (nSPS) is 10.3. The van der Waals surface area contributed by atoms with Gasteiger partial charge < -0.3 is 20.1 Å². The van der Waals surface area contributed by atoms with Gasteiger partial charge in [-0.2, -0.15) is 0 Å². The average molecular weight is 376 g/mol. The van der Waals surface area contributed by atoms with Crippen LogP contribution in [0.25, 0.3) is 11.1 Å². The number of urea groups is 1. The first-order chi connectivity index (χ1) is 13.6. The summed E-state index contributed by atoms with van der Waals surface area (Å²) < 4.78 is 5.89. The van der Waals surface area contributed by atoms with Gasteiger partial charge in [-0.1, -0.05) is 60.7 Å². The molecule has 0 aromatic heterocycles. The molecule has 3 aromatic rings. The smallest absolute Gasteiger partial charge is 0.317 e. The fourth-order valence-corrected chi connectivity index (χ4v) is 2.85. The van der Waals surface area contributed by atoms with E-state index in [1.165, 1.54) is 0 Å². The number of amides is 2. The molecule has 5 heteroatoms. The summed E-state index contributed by atoms with van der Waals surface area (Å²) >= 11 is 0. The minimum atomic E-state index is -0.173. The fourth-order valence-electron chi connectivity index (χ4n) is 2.85. The number of benzene rings is 3. The van der Waals surface area contributed by atoms with E-state index in [1.54, 1.807) is 36.2 Å². The lowest BCUT2D eigenvalue weighted by Crippen LogP contribution is -2.38. The predicted octanol–water partition coefficient (Wildman–Crippen LogP) is 4.28. The zero-order valence-electron chi connectivity index (χ0n) is 15.8. The van der Waals surface area contributed by atoms with E-state index in [4.69, 9.17) is 4.74 Å². The van der Waals surface area contributed by atoms with Crippen LogP contribution in [0.5, 0.6) is 11.5 Å². The van der Waals surface area contributed by atoms with Crippen LogP contribution in [0.3, 0.4) is 0 Å². The van der Waals surface area contributed by atoms with Crippen LogP contribution < -0.4 is 10.1 Å². The summed E-state index contributed by atoms with van der Waals surface area (Å²) in [5.74, 6) is 1.00. The Morgan fingerprint density at radius 2 is 1.64 bits per heavy atom. The van der Waals surface area contributed by atoms with E-state index in [9.17, 15) is 9.90 Å². The highest BCUT2D eigenvalue weighted by Gasteiger charge is 2.09. The summed E-state index contributed by atoms with van der Waals surface area (Å²) in [5.41, 5.74) is 3.07. The van der Waals surface area contributed by atoms with E-state index >= 15 is 0 Å². The highest BCUT2D eigenvalue weighted by atomic mass is 16.5. The SMILES string of the molecule is CN(Cc1ccc(O)cc1)C(=O)NCCOc1ccccc1-c1ccccc1. The van der Waals surface area contributed by atoms with Gasteiger partial charge in [0.15, 0.2) is 0 Å². The highest BCUT2D eigenvalue weighted by molar-refractivity contribution is 5.74. The van der Waals surface area contributed by atoms with Crippen molar-refractivity contribution in [1.29, 1.82) is 0 Å². The van der Waals surface area contributed by atoms with Gasteiger partial charge in [0.1, 0.15) is 18.1 Å². The lowest BCUT2D eigenvalue weighted by atomic mass is 10.1.